The smallest absolute Gasteiger partial charge is 0.0874 e. The van der Waals surface area contributed by atoms with Gasteiger partial charge in [-0.15, -0.1) is 0 Å². The Morgan fingerprint density at radius 3 is 0.905 bits per heavy atom. The predicted molar refractivity (Wildman–Crippen MR) is 87.7 cm³/mol. The van der Waals surface area contributed by atoms with Crippen LogP contribution < -0.4 is 0 Å². The molecular formula is C17H30O4. The van der Waals surface area contributed by atoms with E-state index in [0.29, 0.717) is 0 Å². The van der Waals surface area contributed by atoms with E-state index < -0.39 is 0 Å². The van der Waals surface area contributed by atoms with E-state index in [9.17, 15) is 0 Å². The van der Waals surface area contributed by atoms with Gasteiger partial charge in [-0.05, 0) is 32.1 Å². The van der Waals surface area contributed by atoms with Crippen LogP contribution in [-0.4, -0.2) is 26.4 Å². The van der Waals surface area contributed by atoms with Crippen molar-refractivity contribution in [3.63, 3.8) is 0 Å². The lowest BCUT2D eigenvalue weighted by Crippen LogP contribution is -1.91. The molecule has 0 aliphatic carbocycles. The molecule has 0 atom stereocenters. The van der Waals surface area contributed by atoms with E-state index in [1.54, 1.807) is 0 Å². The van der Waals surface area contributed by atoms with E-state index >= 15 is 0 Å². The van der Waals surface area contributed by atoms with Gasteiger partial charge in [-0.25, -0.2) is 0 Å². The fraction of sp³-hybridized carbons (Fsp3) is 0.529. The summed E-state index contributed by atoms with van der Waals surface area (Å²) in [6.07, 6.45) is 11.1. The molecule has 0 aliphatic rings. The van der Waals surface area contributed by atoms with Gasteiger partial charge in [0.15, 0.2) is 0 Å². The summed E-state index contributed by atoms with van der Waals surface area (Å²) < 4.78 is 19.7. The minimum absolute atomic E-state index is 0.726. The Morgan fingerprint density at radius 1 is 0.429 bits per heavy atom. The van der Waals surface area contributed by atoms with Crippen LogP contribution in [0.25, 0.3) is 0 Å². The molecule has 0 heterocycles. The lowest BCUT2D eigenvalue weighted by Gasteiger charge is -2.00. The average Bonchev–Trinajstić information content (AvgIpc) is 2.51. The Hall–Kier alpha value is -1.84. The highest BCUT2D eigenvalue weighted by Gasteiger charge is 1.87. The Kier molecular flexibility index (Phi) is 23.8. The molecule has 0 saturated heterocycles. The highest BCUT2D eigenvalue weighted by atomic mass is 16.5. The van der Waals surface area contributed by atoms with Crippen molar-refractivity contribution in [1.82, 2.24) is 0 Å². The third-order valence-electron chi connectivity index (χ3n) is 2.27. The molecule has 0 aromatic heterocycles. The van der Waals surface area contributed by atoms with Crippen LogP contribution in [0, 0.1) is 0 Å². The molecule has 122 valence electrons. The second kappa shape index (κ2) is 23.3. The van der Waals surface area contributed by atoms with E-state index in [-0.39, 0.29) is 0 Å². The number of hydrogen-bond donors (Lipinski definition) is 0. The first-order chi connectivity index (χ1) is 10.3. The van der Waals surface area contributed by atoms with Crippen LogP contribution in [0.5, 0.6) is 0 Å². The van der Waals surface area contributed by atoms with E-state index in [2.05, 4.69) is 26.3 Å². The Labute approximate surface area is 129 Å². The van der Waals surface area contributed by atoms with Crippen molar-refractivity contribution in [3.05, 3.63) is 51.4 Å². The highest BCUT2D eigenvalue weighted by molar-refractivity contribution is 4.52. The molecule has 21 heavy (non-hydrogen) atoms. The molecule has 4 nitrogen and oxygen atoms in total. The summed E-state index contributed by atoms with van der Waals surface area (Å²) in [5.41, 5.74) is 0. The third kappa shape index (κ3) is 27.4. The van der Waals surface area contributed by atoms with Crippen LogP contribution in [0.15, 0.2) is 51.4 Å². The van der Waals surface area contributed by atoms with E-state index in [4.69, 9.17) is 18.9 Å². The van der Waals surface area contributed by atoms with Gasteiger partial charge in [0.1, 0.15) is 0 Å². The summed E-state index contributed by atoms with van der Waals surface area (Å²) in [6.45, 7) is 16.7. The van der Waals surface area contributed by atoms with Gasteiger partial charge >= 0.3 is 0 Å². The number of unbranched alkanes of at least 4 members (excludes halogenated alkanes) is 3. The van der Waals surface area contributed by atoms with E-state index in [0.717, 1.165) is 58.5 Å². The van der Waals surface area contributed by atoms with Gasteiger partial charge < -0.3 is 18.9 Å². The van der Waals surface area contributed by atoms with Crippen LogP contribution >= 0.6 is 0 Å². The van der Waals surface area contributed by atoms with Crippen molar-refractivity contribution in [2.45, 2.75) is 32.1 Å². The average molecular weight is 298 g/mol. The first kappa shape index (κ1) is 21.5. The zero-order chi connectivity index (χ0) is 16.0. The number of ether oxygens (including phenoxy) is 4. The van der Waals surface area contributed by atoms with Crippen molar-refractivity contribution < 1.29 is 18.9 Å². The van der Waals surface area contributed by atoms with Gasteiger partial charge in [-0.1, -0.05) is 26.3 Å². The minimum atomic E-state index is 0.726. The molecule has 0 N–H and O–H groups in total. The summed E-state index contributed by atoms with van der Waals surface area (Å²) >= 11 is 0. The van der Waals surface area contributed by atoms with Gasteiger partial charge in [-0.3, -0.25) is 0 Å². The fourth-order valence-electron chi connectivity index (χ4n) is 1.25. The zero-order valence-corrected chi connectivity index (χ0v) is 13.1. The van der Waals surface area contributed by atoms with Crippen LogP contribution in [0.2, 0.25) is 0 Å². The van der Waals surface area contributed by atoms with E-state index in [1.165, 1.54) is 25.0 Å². The Morgan fingerprint density at radius 2 is 0.667 bits per heavy atom. The van der Waals surface area contributed by atoms with Crippen molar-refractivity contribution in [1.29, 1.82) is 0 Å². The van der Waals surface area contributed by atoms with E-state index in [1.807, 2.05) is 0 Å². The Balaban J connectivity index is 0. The molecule has 0 fully saturated rings. The molecule has 0 saturated carbocycles. The predicted octanol–water partition coefficient (Wildman–Crippen LogP) is 4.56. The Bertz CT molecular complexity index is 215. The van der Waals surface area contributed by atoms with Crippen molar-refractivity contribution in [3.8, 4) is 0 Å². The van der Waals surface area contributed by atoms with Gasteiger partial charge in [0, 0.05) is 0 Å². The maximum atomic E-state index is 4.94. The maximum absolute atomic E-state index is 4.94. The molecule has 0 aromatic rings. The first-order valence-electron chi connectivity index (χ1n) is 7.23. The maximum Gasteiger partial charge on any atom is 0.0874 e. The lowest BCUT2D eigenvalue weighted by atomic mass is 10.2. The second-order valence-corrected chi connectivity index (χ2v) is 3.92. The molecule has 0 aromatic carbocycles. The van der Waals surface area contributed by atoms with Crippen molar-refractivity contribution in [2.75, 3.05) is 26.4 Å². The topological polar surface area (TPSA) is 36.9 Å². The summed E-state index contributed by atoms with van der Waals surface area (Å²) in [7, 11) is 0. The molecule has 4 heteroatoms. The quantitative estimate of drug-likeness (QED) is 0.328. The summed E-state index contributed by atoms with van der Waals surface area (Å²) in [5, 5.41) is 0. The zero-order valence-electron chi connectivity index (χ0n) is 13.1. The van der Waals surface area contributed by atoms with Gasteiger partial charge in [0.05, 0.1) is 51.5 Å². The first-order valence-corrected chi connectivity index (χ1v) is 7.23. The van der Waals surface area contributed by atoms with Crippen LogP contribution in [0.4, 0.5) is 0 Å². The second-order valence-electron chi connectivity index (χ2n) is 3.92. The number of hydrogen-bond acceptors (Lipinski definition) is 4. The summed E-state index contributed by atoms with van der Waals surface area (Å²) in [4.78, 5) is 0. The standard InChI is InChI=1S/C9H16O2.C8H14O2/c1-3-10-8-6-5-7-9-11-4-2;1-3-9-7-5-6-8-10-4-2/h3-4H,1-2,5-9H2;3-4H,1-2,5-8H2. The molecule has 0 amide bonds. The molecule has 0 radical (unpaired) electrons. The summed E-state index contributed by atoms with van der Waals surface area (Å²) in [6, 6.07) is 0. The molecule has 0 bridgehead atoms. The van der Waals surface area contributed by atoms with Gasteiger partial charge in [-0.2, -0.15) is 0 Å². The van der Waals surface area contributed by atoms with Crippen molar-refractivity contribution in [2.24, 2.45) is 0 Å². The summed E-state index contributed by atoms with van der Waals surface area (Å²) in [5.74, 6) is 0. The van der Waals surface area contributed by atoms with Gasteiger partial charge in [0.25, 0.3) is 0 Å². The minimum Gasteiger partial charge on any atom is -0.502 e. The molecule has 0 unspecified atom stereocenters. The lowest BCUT2D eigenvalue weighted by molar-refractivity contribution is 0.206. The largest absolute Gasteiger partial charge is 0.502 e. The van der Waals surface area contributed by atoms with Crippen LogP contribution in [0.3, 0.4) is 0 Å². The van der Waals surface area contributed by atoms with Crippen LogP contribution in [-0.2, 0) is 18.9 Å². The SMILES string of the molecule is C=COCCCCCOC=C.C=COCCCCOC=C. The number of rotatable bonds is 15. The highest BCUT2D eigenvalue weighted by Crippen LogP contribution is 1.96. The van der Waals surface area contributed by atoms with Crippen LogP contribution in [0.1, 0.15) is 32.1 Å². The molecule has 0 rings (SSSR count). The molecule has 0 spiro atoms. The monoisotopic (exact) mass is 298 g/mol. The molecular weight excluding hydrogens is 268 g/mol. The molecule has 0 aliphatic heterocycles. The third-order valence-corrected chi connectivity index (χ3v) is 2.27. The fourth-order valence-corrected chi connectivity index (χ4v) is 1.25. The normalized spacial score (nSPS) is 8.57. The van der Waals surface area contributed by atoms with Crippen molar-refractivity contribution >= 4 is 0 Å². The van der Waals surface area contributed by atoms with Gasteiger partial charge in [0.2, 0.25) is 0 Å².